The maximum absolute atomic E-state index is 13.3. The van der Waals surface area contributed by atoms with Crippen LogP contribution in [0, 0.1) is 5.82 Å². The van der Waals surface area contributed by atoms with Crippen molar-refractivity contribution in [2.24, 2.45) is 0 Å². The van der Waals surface area contributed by atoms with Crippen molar-refractivity contribution in [2.45, 2.75) is 31.5 Å². The first-order chi connectivity index (χ1) is 12.5. The highest BCUT2D eigenvalue weighted by molar-refractivity contribution is 5.77. The highest BCUT2D eigenvalue weighted by Gasteiger charge is 2.29. The zero-order valence-corrected chi connectivity index (χ0v) is 15.0. The van der Waals surface area contributed by atoms with Crippen LogP contribution in [0.15, 0.2) is 54.6 Å². The minimum atomic E-state index is -0.973. The van der Waals surface area contributed by atoms with Gasteiger partial charge in [-0.15, -0.1) is 0 Å². The standard InChI is InChI=1S/C21H25FN2O2/c1-23(14-16-6-3-2-4-7-16)19-10-11-24(15-19)21(26)13-20(25)17-8-5-9-18(22)12-17/h2-9,12,19-20,25H,10-11,13-15H2,1H3. The van der Waals surface area contributed by atoms with Crippen LogP contribution in [-0.2, 0) is 11.3 Å². The van der Waals surface area contributed by atoms with Crippen molar-refractivity contribution in [1.82, 2.24) is 9.80 Å². The number of hydrogen-bond donors (Lipinski definition) is 1. The molecule has 0 aliphatic carbocycles. The number of aliphatic hydroxyl groups excluding tert-OH is 1. The molecule has 0 saturated carbocycles. The Labute approximate surface area is 153 Å². The molecule has 1 amide bonds. The summed E-state index contributed by atoms with van der Waals surface area (Å²) in [6.07, 6.45) is -0.0664. The van der Waals surface area contributed by atoms with Gasteiger partial charge in [0.1, 0.15) is 5.82 Å². The number of halogens is 1. The molecule has 4 nitrogen and oxygen atoms in total. The minimum absolute atomic E-state index is 0.0153. The van der Waals surface area contributed by atoms with Gasteiger partial charge >= 0.3 is 0 Å². The molecule has 3 rings (SSSR count). The summed E-state index contributed by atoms with van der Waals surface area (Å²) in [6.45, 7) is 2.20. The summed E-state index contributed by atoms with van der Waals surface area (Å²) >= 11 is 0. The highest BCUT2D eigenvalue weighted by atomic mass is 19.1. The number of likely N-dealkylation sites (tertiary alicyclic amines) is 1. The average molecular weight is 356 g/mol. The summed E-state index contributed by atoms with van der Waals surface area (Å²) in [4.78, 5) is 16.6. The minimum Gasteiger partial charge on any atom is -0.388 e. The lowest BCUT2D eigenvalue weighted by atomic mass is 10.1. The molecular weight excluding hydrogens is 331 g/mol. The molecule has 1 aliphatic heterocycles. The molecule has 5 heteroatoms. The number of nitrogens with zero attached hydrogens (tertiary/aromatic N) is 2. The van der Waals surface area contributed by atoms with Crippen LogP contribution in [0.25, 0.3) is 0 Å². The van der Waals surface area contributed by atoms with Gasteiger partial charge in [0.15, 0.2) is 0 Å². The summed E-state index contributed by atoms with van der Waals surface area (Å²) in [5, 5.41) is 10.2. The van der Waals surface area contributed by atoms with Crippen LogP contribution in [-0.4, -0.2) is 47.0 Å². The Morgan fingerprint density at radius 1 is 1.27 bits per heavy atom. The smallest absolute Gasteiger partial charge is 0.225 e. The van der Waals surface area contributed by atoms with Crippen molar-refractivity contribution < 1.29 is 14.3 Å². The van der Waals surface area contributed by atoms with Gasteiger partial charge < -0.3 is 10.0 Å². The molecule has 0 spiro atoms. The van der Waals surface area contributed by atoms with Gasteiger partial charge in [0.05, 0.1) is 12.5 Å². The Morgan fingerprint density at radius 2 is 2.04 bits per heavy atom. The van der Waals surface area contributed by atoms with E-state index in [4.69, 9.17) is 0 Å². The van der Waals surface area contributed by atoms with Crippen LogP contribution < -0.4 is 0 Å². The fourth-order valence-corrected chi connectivity index (χ4v) is 3.45. The van der Waals surface area contributed by atoms with E-state index >= 15 is 0 Å². The predicted molar refractivity (Wildman–Crippen MR) is 98.9 cm³/mol. The molecule has 1 fully saturated rings. The Morgan fingerprint density at radius 3 is 2.77 bits per heavy atom. The normalized spacial score (nSPS) is 18.3. The molecular formula is C21H25FN2O2. The zero-order chi connectivity index (χ0) is 18.5. The monoisotopic (exact) mass is 356 g/mol. The van der Waals surface area contributed by atoms with Crippen molar-refractivity contribution in [3.05, 3.63) is 71.5 Å². The summed E-state index contributed by atoms with van der Waals surface area (Å²) in [7, 11) is 2.08. The van der Waals surface area contributed by atoms with E-state index in [0.717, 1.165) is 13.0 Å². The van der Waals surface area contributed by atoms with Crippen molar-refractivity contribution >= 4 is 5.91 Å². The molecule has 2 aromatic carbocycles. The Bertz CT molecular complexity index is 738. The number of carbonyl (C=O) groups is 1. The van der Waals surface area contributed by atoms with Gasteiger partial charge in [0, 0.05) is 25.7 Å². The highest BCUT2D eigenvalue weighted by Crippen LogP contribution is 2.22. The largest absolute Gasteiger partial charge is 0.388 e. The Balaban J connectivity index is 1.52. The fourth-order valence-electron chi connectivity index (χ4n) is 3.45. The van der Waals surface area contributed by atoms with Crippen molar-refractivity contribution in [2.75, 3.05) is 20.1 Å². The lowest BCUT2D eigenvalue weighted by Gasteiger charge is -2.25. The van der Waals surface area contributed by atoms with Crippen LogP contribution >= 0.6 is 0 Å². The van der Waals surface area contributed by atoms with E-state index in [9.17, 15) is 14.3 Å². The number of aliphatic hydroxyl groups is 1. The number of carbonyl (C=O) groups excluding carboxylic acids is 1. The van der Waals surface area contributed by atoms with E-state index in [1.54, 1.807) is 17.0 Å². The van der Waals surface area contributed by atoms with Gasteiger partial charge in [0.25, 0.3) is 0 Å². The molecule has 1 heterocycles. The third kappa shape index (κ3) is 4.68. The first-order valence-corrected chi connectivity index (χ1v) is 8.98. The quantitative estimate of drug-likeness (QED) is 0.865. The topological polar surface area (TPSA) is 43.8 Å². The lowest BCUT2D eigenvalue weighted by Crippen LogP contribution is -2.36. The maximum Gasteiger partial charge on any atom is 0.225 e. The Kier molecular flexibility index (Phi) is 6.01. The zero-order valence-electron chi connectivity index (χ0n) is 15.0. The third-order valence-electron chi connectivity index (χ3n) is 5.02. The molecule has 26 heavy (non-hydrogen) atoms. The van der Waals surface area contributed by atoms with Crippen LogP contribution in [0.4, 0.5) is 4.39 Å². The molecule has 0 bridgehead atoms. The van der Waals surface area contributed by atoms with Crippen LogP contribution in [0.5, 0.6) is 0 Å². The number of hydrogen-bond acceptors (Lipinski definition) is 3. The second kappa shape index (κ2) is 8.43. The molecule has 2 aromatic rings. The molecule has 1 aliphatic rings. The van der Waals surface area contributed by atoms with E-state index in [2.05, 4.69) is 24.1 Å². The van der Waals surface area contributed by atoms with Gasteiger partial charge in [-0.2, -0.15) is 0 Å². The summed E-state index contributed by atoms with van der Waals surface area (Å²) in [5.74, 6) is -0.491. The summed E-state index contributed by atoms with van der Waals surface area (Å²) < 4.78 is 13.3. The fraction of sp³-hybridized carbons (Fsp3) is 0.381. The average Bonchev–Trinajstić information content (AvgIpc) is 3.13. The predicted octanol–water partition coefficient (Wildman–Crippen LogP) is 2.98. The van der Waals surface area contributed by atoms with Gasteiger partial charge in [-0.05, 0) is 36.7 Å². The maximum atomic E-state index is 13.3. The van der Waals surface area contributed by atoms with Crippen LogP contribution in [0.2, 0.25) is 0 Å². The molecule has 138 valence electrons. The number of amides is 1. The third-order valence-corrected chi connectivity index (χ3v) is 5.02. The second-order valence-electron chi connectivity index (χ2n) is 6.96. The van der Waals surface area contributed by atoms with E-state index in [1.165, 1.54) is 17.7 Å². The number of benzene rings is 2. The Hall–Kier alpha value is -2.24. The van der Waals surface area contributed by atoms with E-state index < -0.39 is 11.9 Å². The molecule has 1 saturated heterocycles. The van der Waals surface area contributed by atoms with Crippen molar-refractivity contribution in [1.29, 1.82) is 0 Å². The SMILES string of the molecule is CN(Cc1ccccc1)C1CCN(C(=O)CC(O)c2cccc(F)c2)C1. The molecule has 0 radical (unpaired) electrons. The van der Waals surface area contributed by atoms with Gasteiger partial charge in [-0.25, -0.2) is 4.39 Å². The molecule has 2 unspecified atom stereocenters. The summed E-state index contributed by atoms with van der Waals surface area (Å²) in [5.41, 5.74) is 1.69. The first kappa shape index (κ1) is 18.5. The van der Waals surface area contributed by atoms with Gasteiger partial charge in [0.2, 0.25) is 5.91 Å². The second-order valence-corrected chi connectivity index (χ2v) is 6.96. The van der Waals surface area contributed by atoms with Crippen LogP contribution in [0.3, 0.4) is 0 Å². The van der Waals surface area contributed by atoms with Gasteiger partial charge in [-0.1, -0.05) is 42.5 Å². The number of likely N-dealkylation sites (N-methyl/N-ethyl adjacent to an activating group) is 1. The lowest BCUT2D eigenvalue weighted by molar-refractivity contribution is -0.132. The van der Waals surface area contributed by atoms with E-state index in [-0.39, 0.29) is 12.3 Å². The number of rotatable bonds is 6. The van der Waals surface area contributed by atoms with E-state index in [1.807, 2.05) is 18.2 Å². The summed E-state index contributed by atoms with van der Waals surface area (Å²) in [6, 6.07) is 16.4. The first-order valence-electron chi connectivity index (χ1n) is 8.98. The molecule has 0 aromatic heterocycles. The van der Waals surface area contributed by atoms with Crippen LogP contribution in [0.1, 0.15) is 30.1 Å². The van der Waals surface area contributed by atoms with Crippen molar-refractivity contribution in [3.8, 4) is 0 Å². The van der Waals surface area contributed by atoms with Crippen molar-refractivity contribution in [3.63, 3.8) is 0 Å². The van der Waals surface area contributed by atoms with Gasteiger partial charge in [-0.3, -0.25) is 9.69 Å². The van der Waals surface area contributed by atoms with E-state index in [0.29, 0.717) is 24.7 Å². The molecule has 1 N–H and O–H groups in total. The molecule has 2 atom stereocenters.